The Bertz CT molecular complexity index is 1080. The Morgan fingerprint density at radius 1 is 1.04 bits per heavy atom. The largest absolute Gasteiger partial charge is 0.489 e. The van der Waals surface area contributed by atoms with E-state index < -0.39 is 0 Å². The van der Waals surface area contributed by atoms with Crippen LogP contribution in [0.25, 0.3) is 10.2 Å². The third-order valence-electron chi connectivity index (χ3n) is 3.94. The second-order valence-electron chi connectivity index (χ2n) is 5.88. The van der Waals surface area contributed by atoms with Crippen molar-refractivity contribution >= 4 is 32.6 Å². The van der Waals surface area contributed by atoms with Gasteiger partial charge in [-0.3, -0.25) is 10.1 Å². The Kier molecular flexibility index (Phi) is 4.80. The van der Waals surface area contributed by atoms with E-state index in [9.17, 15) is 9.18 Å². The lowest BCUT2D eigenvalue weighted by Crippen LogP contribution is -2.11. The predicted molar refractivity (Wildman–Crippen MR) is 105 cm³/mol. The summed E-state index contributed by atoms with van der Waals surface area (Å²) in [4.78, 5) is 16.7. The number of halogens is 1. The van der Waals surface area contributed by atoms with Crippen LogP contribution in [0.2, 0.25) is 0 Å². The summed E-state index contributed by atoms with van der Waals surface area (Å²) in [7, 11) is 0. The minimum Gasteiger partial charge on any atom is -0.489 e. The van der Waals surface area contributed by atoms with Gasteiger partial charge in [-0.15, -0.1) is 0 Å². The summed E-state index contributed by atoms with van der Waals surface area (Å²) in [5, 5.41) is 3.18. The van der Waals surface area contributed by atoms with Crippen molar-refractivity contribution in [3.63, 3.8) is 0 Å². The molecule has 0 saturated carbocycles. The van der Waals surface area contributed by atoms with Gasteiger partial charge in [-0.1, -0.05) is 41.7 Å². The topological polar surface area (TPSA) is 51.2 Å². The minimum absolute atomic E-state index is 0.274. The maximum Gasteiger partial charge on any atom is 0.257 e. The Morgan fingerprint density at radius 2 is 1.81 bits per heavy atom. The number of nitrogens with zero attached hydrogens (tertiary/aromatic N) is 1. The van der Waals surface area contributed by atoms with Crippen molar-refractivity contribution in [3.8, 4) is 5.75 Å². The first-order valence-electron chi connectivity index (χ1n) is 8.32. The summed E-state index contributed by atoms with van der Waals surface area (Å²) in [5.74, 6) is 0.0881. The van der Waals surface area contributed by atoms with Crippen LogP contribution in [0.4, 0.5) is 9.52 Å². The zero-order valence-corrected chi connectivity index (χ0v) is 15.0. The number of fused-ring (bicyclic) bond motifs is 1. The molecule has 0 aliphatic rings. The Morgan fingerprint density at radius 3 is 2.59 bits per heavy atom. The van der Waals surface area contributed by atoms with E-state index in [-0.39, 0.29) is 11.7 Å². The molecule has 1 aromatic heterocycles. The molecule has 0 spiro atoms. The van der Waals surface area contributed by atoms with Crippen molar-refractivity contribution in [2.45, 2.75) is 6.61 Å². The number of amides is 1. The van der Waals surface area contributed by atoms with Crippen LogP contribution >= 0.6 is 11.3 Å². The number of carbonyl (C=O) groups is 1. The van der Waals surface area contributed by atoms with Gasteiger partial charge in [0.2, 0.25) is 0 Å². The van der Waals surface area contributed by atoms with E-state index in [0.717, 1.165) is 5.56 Å². The van der Waals surface area contributed by atoms with E-state index in [2.05, 4.69) is 10.3 Å². The zero-order chi connectivity index (χ0) is 18.6. The molecule has 0 unspecified atom stereocenters. The summed E-state index contributed by atoms with van der Waals surface area (Å²) in [5.41, 5.74) is 2.22. The lowest BCUT2D eigenvalue weighted by molar-refractivity contribution is 0.102. The minimum atomic E-state index is -0.324. The van der Waals surface area contributed by atoms with Crippen molar-refractivity contribution in [3.05, 3.63) is 89.7 Å². The number of hydrogen-bond acceptors (Lipinski definition) is 4. The second kappa shape index (κ2) is 7.55. The Balaban J connectivity index is 1.41. The van der Waals surface area contributed by atoms with E-state index in [0.29, 0.717) is 33.3 Å². The van der Waals surface area contributed by atoms with Gasteiger partial charge in [-0.2, -0.15) is 0 Å². The lowest BCUT2D eigenvalue weighted by atomic mass is 10.2. The first-order chi connectivity index (χ1) is 13.2. The Hall–Kier alpha value is -3.25. The standard InChI is InChI=1S/C21H15FN2O2S/c22-16-8-11-18-19(12-16)27-21(23-18)24-20(25)15-6-9-17(10-7-15)26-13-14-4-2-1-3-5-14/h1-12H,13H2,(H,23,24,25). The molecule has 3 aromatic carbocycles. The molecule has 4 rings (SSSR count). The van der Waals surface area contributed by atoms with Gasteiger partial charge in [0.15, 0.2) is 5.13 Å². The third kappa shape index (κ3) is 4.12. The van der Waals surface area contributed by atoms with E-state index >= 15 is 0 Å². The number of anilines is 1. The molecule has 0 aliphatic heterocycles. The molecule has 6 heteroatoms. The molecule has 0 radical (unpaired) electrons. The van der Waals surface area contributed by atoms with Gasteiger partial charge >= 0.3 is 0 Å². The summed E-state index contributed by atoms with van der Waals surface area (Å²) in [6.07, 6.45) is 0. The molecule has 4 nitrogen and oxygen atoms in total. The fourth-order valence-electron chi connectivity index (χ4n) is 2.56. The molecular weight excluding hydrogens is 363 g/mol. The van der Waals surface area contributed by atoms with Crippen molar-refractivity contribution in [2.24, 2.45) is 0 Å². The van der Waals surface area contributed by atoms with Gasteiger partial charge in [0.05, 0.1) is 10.2 Å². The number of aromatic nitrogens is 1. The van der Waals surface area contributed by atoms with Gasteiger partial charge in [-0.05, 0) is 48.0 Å². The monoisotopic (exact) mass is 378 g/mol. The second-order valence-corrected chi connectivity index (χ2v) is 6.91. The molecule has 0 fully saturated rings. The summed E-state index contributed by atoms with van der Waals surface area (Å²) in [6.45, 7) is 0.467. The number of rotatable bonds is 5. The molecule has 1 N–H and O–H groups in total. The van der Waals surface area contributed by atoms with E-state index in [1.807, 2.05) is 30.3 Å². The molecule has 0 bridgehead atoms. The molecular formula is C21H15FN2O2S. The van der Waals surface area contributed by atoms with Crippen LogP contribution in [0.15, 0.2) is 72.8 Å². The molecule has 27 heavy (non-hydrogen) atoms. The van der Waals surface area contributed by atoms with Crippen molar-refractivity contribution in [1.82, 2.24) is 4.98 Å². The van der Waals surface area contributed by atoms with Gasteiger partial charge in [0.25, 0.3) is 5.91 Å². The lowest BCUT2D eigenvalue weighted by Gasteiger charge is -2.07. The molecule has 0 saturated heterocycles. The third-order valence-corrected chi connectivity index (χ3v) is 4.87. The average molecular weight is 378 g/mol. The number of benzene rings is 3. The van der Waals surface area contributed by atoms with Gasteiger partial charge in [-0.25, -0.2) is 9.37 Å². The highest BCUT2D eigenvalue weighted by Crippen LogP contribution is 2.27. The normalized spacial score (nSPS) is 10.7. The van der Waals surface area contributed by atoms with Crippen LogP contribution in [-0.4, -0.2) is 10.9 Å². The highest BCUT2D eigenvalue weighted by molar-refractivity contribution is 7.22. The quantitative estimate of drug-likeness (QED) is 0.515. The average Bonchev–Trinajstić information content (AvgIpc) is 3.09. The molecule has 4 aromatic rings. The summed E-state index contributed by atoms with van der Waals surface area (Å²) < 4.78 is 19.7. The maximum absolute atomic E-state index is 13.3. The van der Waals surface area contributed by atoms with Crippen LogP contribution in [0.5, 0.6) is 5.75 Å². The van der Waals surface area contributed by atoms with Crippen molar-refractivity contribution < 1.29 is 13.9 Å². The van der Waals surface area contributed by atoms with Crippen LogP contribution in [-0.2, 0) is 6.61 Å². The van der Waals surface area contributed by atoms with Crippen molar-refractivity contribution in [2.75, 3.05) is 5.32 Å². The first kappa shape index (κ1) is 17.2. The molecule has 1 amide bonds. The molecule has 1 heterocycles. The number of hydrogen-bond donors (Lipinski definition) is 1. The molecule has 134 valence electrons. The van der Waals surface area contributed by atoms with Crippen LogP contribution in [0.1, 0.15) is 15.9 Å². The van der Waals surface area contributed by atoms with Crippen LogP contribution in [0, 0.1) is 5.82 Å². The fourth-order valence-corrected chi connectivity index (χ4v) is 3.45. The summed E-state index contributed by atoms with van der Waals surface area (Å²) in [6, 6.07) is 21.1. The fraction of sp³-hybridized carbons (Fsp3) is 0.0476. The molecule has 0 atom stereocenters. The number of thiazole rings is 1. The first-order valence-corrected chi connectivity index (χ1v) is 9.13. The Labute approximate surface area is 159 Å². The highest BCUT2D eigenvalue weighted by Gasteiger charge is 2.10. The SMILES string of the molecule is O=C(Nc1nc2ccc(F)cc2s1)c1ccc(OCc2ccccc2)cc1. The van der Waals surface area contributed by atoms with Crippen molar-refractivity contribution in [1.29, 1.82) is 0 Å². The van der Waals surface area contributed by atoms with Gasteiger partial charge < -0.3 is 4.74 Å². The maximum atomic E-state index is 13.3. The number of nitrogens with one attached hydrogen (secondary N) is 1. The smallest absolute Gasteiger partial charge is 0.257 e. The van der Waals surface area contributed by atoms with E-state index in [1.54, 1.807) is 30.3 Å². The number of ether oxygens (including phenoxy) is 1. The number of carbonyl (C=O) groups excluding carboxylic acids is 1. The summed E-state index contributed by atoms with van der Waals surface area (Å²) >= 11 is 1.24. The van der Waals surface area contributed by atoms with Crippen LogP contribution < -0.4 is 10.1 Å². The van der Waals surface area contributed by atoms with Crippen LogP contribution in [0.3, 0.4) is 0 Å². The van der Waals surface area contributed by atoms with E-state index in [4.69, 9.17) is 4.74 Å². The van der Waals surface area contributed by atoms with Gasteiger partial charge in [0.1, 0.15) is 18.2 Å². The van der Waals surface area contributed by atoms with Gasteiger partial charge in [0, 0.05) is 5.56 Å². The predicted octanol–water partition coefficient (Wildman–Crippen LogP) is 5.27. The zero-order valence-electron chi connectivity index (χ0n) is 14.2. The van der Waals surface area contributed by atoms with E-state index in [1.165, 1.54) is 23.5 Å². The highest BCUT2D eigenvalue weighted by atomic mass is 32.1. The molecule has 0 aliphatic carbocycles.